The number of hydrogen-bond donors (Lipinski definition) is 1. The highest BCUT2D eigenvalue weighted by Crippen LogP contribution is 2.21. The molecule has 1 atom stereocenters. The van der Waals surface area contributed by atoms with E-state index in [1.165, 1.54) is 24.8 Å². The number of rotatable bonds is 8. The van der Waals surface area contributed by atoms with Gasteiger partial charge < -0.3 is 9.73 Å². The molecule has 1 saturated carbocycles. The molecule has 1 aliphatic carbocycles. The van der Waals surface area contributed by atoms with E-state index in [0.717, 1.165) is 37.4 Å². The fourth-order valence-electron chi connectivity index (χ4n) is 2.18. The van der Waals surface area contributed by atoms with Crippen LogP contribution in [0.15, 0.2) is 16.7 Å². The van der Waals surface area contributed by atoms with Gasteiger partial charge in [0.25, 0.3) is 0 Å². The Kier molecular flexibility index (Phi) is 4.84. The van der Waals surface area contributed by atoms with Crippen LogP contribution in [0.5, 0.6) is 0 Å². The number of nitrogens with zero attached hydrogens (tertiary/aromatic N) is 1. The van der Waals surface area contributed by atoms with Gasteiger partial charge in [0.1, 0.15) is 5.76 Å². The van der Waals surface area contributed by atoms with Crippen molar-refractivity contribution >= 4 is 0 Å². The van der Waals surface area contributed by atoms with Gasteiger partial charge in [-0.05, 0) is 31.9 Å². The Labute approximate surface area is 111 Å². The van der Waals surface area contributed by atoms with E-state index in [0.29, 0.717) is 0 Å². The summed E-state index contributed by atoms with van der Waals surface area (Å²) in [5, 5.41) is 3.55. The second kappa shape index (κ2) is 6.39. The average molecular weight is 250 g/mol. The predicted molar refractivity (Wildman–Crippen MR) is 74.4 cm³/mol. The minimum absolute atomic E-state index is 0.748. The lowest BCUT2D eigenvalue weighted by Gasteiger charge is -2.19. The van der Waals surface area contributed by atoms with Gasteiger partial charge in [0.2, 0.25) is 0 Å². The highest BCUT2D eigenvalue weighted by molar-refractivity contribution is 5.17. The van der Waals surface area contributed by atoms with E-state index in [9.17, 15) is 0 Å². The molecule has 102 valence electrons. The summed E-state index contributed by atoms with van der Waals surface area (Å²) in [4.78, 5) is 2.35. The Bertz CT molecular complexity index is 357. The normalized spacial score (nSPS) is 17.3. The Morgan fingerprint density at radius 1 is 1.50 bits per heavy atom. The molecule has 1 fully saturated rings. The maximum atomic E-state index is 5.62. The first-order valence-corrected chi connectivity index (χ1v) is 7.16. The van der Waals surface area contributed by atoms with Crippen LogP contribution >= 0.6 is 0 Å². The summed E-state index contributed by atoms with van der Waals surface area (Å²) in [5.74, 6) is 1.87. The lowest BCUT2D eigenvalue weighted by Crippen LogP contribution is -2.24. The molecule has 1 aromatic heterocycles. The van der Waals surface area contributed by atoms with Crippen LogP contribution in [0.1, 0.15) is 44.4 Å². The highest BCUT2D eigenvalue weighted by atomic mass is 16.3. The number of nitrogens with one attached hydrogen (secondary N) is 1. The fraction of sp³-hybridized carbons (Fsp3) is 0.733. The van der Waals surface area contributed by atoms with Crippen LogP contribution in [0.3, 0.4) is 0 Å². The minimum Gasteiger partial charge on any atom is -0.468 e. The molecule has 1 aromatic rings. The zero-order valence-corrected chi connectivity index (χ0v) is 11.9. The number of hydrogen-bond acceptors (Lipinski definition) is 3. The van der Waals surface area contributed by atoms with E-state index < -0.39 is 0 Å². The molecule has 3 heteroatoms. The first-order valence-electron chi connectivity index (χ1n) is 7.16. The van der Waals surface area contributed by atoms with E-state index in [4.69, 9.17) is 4.42 Å². The molecular formula is C15H26N2O. The Morgan fingerprint density at radius 3 is 2.94 bits per heavy atom. The molecule has 0 aromatic carbocycles. The summed E-state index contributed by atoms with van der Waals surface area (Å²) in [6.07, 6.45) is 5.72. The van der Waals surface area contributed by atoms with Crippen LogP contribution in [0.2, 0.25) is 0 Å². The molecule has 0 spiro atoms. The zero-order valence-electron chi connectivity index (χ0n) is 11.9. The lowest BCUT2D eigenvalue weighted by atomic mass is 10.1. The monoisotopic (exact) mass is 250 g/mol. The second-order valence-electron chi connectivity index (χ2n) is 5.73. The quantitative estimate of drug-likeness (QED) is 0.769. The molecule has 0 radical (unpaired) electrons. The molecule has 18 heavy (non-hydrogen) atoms. The van der Waals surface area contributed by atoms with Gasteiger partial charge >= 0.3 is 0 Å². The largest absolute Gasteiger partial charge is 0.468 e. The van der Waals surface area contributed by atoms with Crippen LogP contribution in [-0.2, 0) is 13.1 Å². The average Bonchev–Trinajstić information content (AvgIpc) is 3.08. The van der Waals surface area contributed by atoms with Crippen molar-refractivity contribution in [1.29, 1.82) is 0 Å². The van der Waals surface area contributed by atoms with Crippen molar-refractivity contribution < 1.29 is 4.42 Å². The molecule has 2 rings (SSSR count). The van der Waals surface area contributed by atoms with Gasteiger partial charge in [-0.2, -0.15) is 0 Å². The van der Waals surface area contributed by atoms with Crippen LogP contribution in [0.25, 0.3) is 0 Å². The van der Waals surface area contributed by atoms with Gasteiger partial charge in [-0.15, -0.1) is 0 Å². The van der Waals surface area contributed by atoms with Gasteiger partial charge in [-0.3, -0.25) is 4.90 Å². The third-order valence-electron chi connectivity index (χ3n) is 3.73. The van der Waals surface area contributed by atoms with Crippen molar-refractivity contribution in [2.24, 2.45) is 5.92 Å². The summed E-state index contributed by atoms with van der Waals surface area (Å²) in [6, 6.07) is 2.85. The molecule has 1 heterocycles. The van der Waals surface area contributed by atoms with Gasteiger partial charge in [0, 0.05) is 24.7 Å². The van der Waals surface area contributed by atoms with Gasteiger partial charge in [0.15, 0.2) is 0 Å². The van der Waals surface area contributed by atoms with E-state index in [1.54, 1.807) is 0 Å². The standard InChI is InChI=1S/C15H26N2O/c1-4-12(2)10-17(3)11-15-13(7-8-18-15)9-16-14-5-6-14/h7-8,12,14,16H,4-6,9-11H2,1-3H3. The second-order valence-corrected chi connectivity index (χ2v) is 5.73. The summed E-state index contributed by atoms with van der Waals surface area (Å²) in [5.41, 5.74) is 1.32. The molecule has 1 unspecified atom stereocenters. The van der Waals surface area contributed by atoms with Crippen molar-refractivity contribution in [2.75, 3.05) is 13.6 Å². The van der Waals surface area contributed by atoms with Crippen molar-refractivity contribution in [3.05, 3.63) is 23.7 Å². The third kappa shape index (κ3) is 4.14. The summed E-state index contributed by atoms with van der Waals surface area (Å²) in [7, 11) is 2.17. The summed E-state index contributed by atoms with van der Waals surface area (Å²) < 4.78 is 5.62. The molecule has 0 saturated heterocycles. The van der Waals surface area contributed by atoms with Gasteiger partial charge in [-0.25, -0.2) is 0 Å². The third-order valence-corrected chi connectivity index (χ3v) is 3.73. The summed E-state index contributed by atoms with van der Waals surface area (Å²) >= 11 is 0. The van der Waals surface area contributed by atoms with Crippen molar-refractivity contribution in [3.8, 4) is 0 Å². The Hall–Kier alpha value is -0.800. The molecule has 0 amide bonds. The van der Waals surface area contributed by atoms with E-state index in [-0.39, 0.29) is 0 Å². The fourth-order valence-corrected chi connectivity index (χ4v) is 2.18. The maximum Gasteiger partial charge on any atom is 0.122 e. The van der Waals surface area contributed by atoms with Crippen molar-refractivity contribution in [2.45, 2.75) is 52.2 Å². The van der Waals surface area contributed by atoms with Crippen LogP contribution in [-0.4, -0.2) is 24.5 Å². The van der Waals surface area contributed by atoms with Gasteiger partial charge in [0.05, 0.1) is 12.8 Å². The predicted octanol–water partition coefficient (Wildman–Crippen LogP) is 3.01. The van der Waals surface area contributed by atoms with Crippen LogP contribution < -0.4 is 5.32 Å². The Balaban J connectivity index is 1.81. The van der Waals surface area contributed by atoms with E-state index in [2.05, 4.69) is 37.2 Å². The first kappa shape index (κ1) is 13.6. The molecule has 3 nitrogen and oxygen atoms in total. The molecule has 1 aliphatic rings. The molecule has 1 N–H and O–H groups in total. The van der Waals surface area contributed by atoms with E-state index >= 15 is 0 Å². The van der Waals surface area contributed by atoms with Crippen LogP contribution in [0, 0.1) is 5.92 Å². The minimum atomic E-state index is 0.748. The Morgan fingerprint density at radius 2 is 2.28 bits per heavy atom. The molecule has 0 bridgehead atoms. The van der Waals surface area contributed by atoms with Crippen LogP contribution in [0.4, 0.5) is 0 Å². The number of furan rings is 1. The topological polar surface area (TPSA) is 28.4 Å². The SMILES string of the molecule is CCC(C)CN(C)Cc1occc1CNC1CC1. The molecular weight excluding hydrogens is 224 g/mol. The van der Waals surface area contributed by atoms with Gasteiger partial charge in [-0.1, -0.05) is 20.3 Å². The van der Waals surface area contributed by atoms with Crippen molar-refractivity contribution in [1.82, 2.24) is 10.2 Å². The first-order chi connectivity index (χ1) is 8.69. The maximum absolute atomic E-state index is 5.62. The highest BCUT2D eigenvalue weighted by Gasteiger charge is 2.21. The van der Waals surface area contributed by atoms with E-state index in [1.807, 2.05) is 6.26 Å². The lowest BCUT2D eigenvalue weighted by molar-refractivity contribution is 0.253. The zero-order chi connectivity index (χ0) is 13.0. The van der Waals surface area contributed by atoms with Crippen molar-refractivity contribution in [3.63, 3.8) is 0 Å². The smallest absolute Gasteiger partial charge is 0.122 e. The summed E-state index contributed by atoms with van der Waals surface area (Å²) in [6.45, 7) is 7.55. The molecule has 0 aliphatic heterocycles.